The highest BCUT2D eigenvalue weighted by Crippen LogP contribution is 2.24. The van der Waals surface area contributed by atoms with Gasteiger partial charge in [0.1, 0.15) is 11.8 Å². The van der Waals surface area contributed by atoms with E-state index in [-0.39, 0.29) is 25.7 Å². The first-order chi connectivity index (χ1) is 13.8. The second-order valence-electron chi connectivity index (χ2n) is 7.25. The molecular formula is C21H27N3O5. The summed E-state index contributed by atoms with van der Waals surface area (Å²) in [5.74, 6) is -1.14. The first kappa shape index (κ1) is 22.1. The number of carboxylic acids is 1. The van der Waals surface area contributed by atoms with Crippen molar-refractivity contribution in [2.45, 2.75) is 58.4 Å². The minimum absolute atomic E-state index is 0.0346. The van der Waals surface area contributed by atoms with Gasteiger partial charge in [0, 0.05) is 31.2 Å². The third-order valence-electron chi connectivity index (χ3n) is 4.50. The number of hydrogen-bond donors (Lipinski definition) is 3. The van der Waals surface area contributed by atoms with Crippen molar-refractivity contribution in [2.24, 2.45) is 0 Å². The molecule has 1 atom stereocenters. The number of aliphatic carboxylic acids is 1. The summed E-state index contributed by atoms with van der Waals surface area (Å²) < 4.78 is 5.43. The number of ether oxygens (including phenoxy) is 1. The predicted octanol–water partition coefficient (Wildman–Crippen LogP) is 2.73. The van der Waals surface area contributed by atoms with Crippen LogP contribution in [0.4, 0.5) is 0 Å². The van der Waals surface area contributed by atoms with Gasteiger partial charge in [-0.1, -0.05) is 26.0 Å². The van der Waals surface area contributed by atoms with E-state index in [2.05, 4.69) is 29.1 Å². The molecule has 0 unspecified atom stereocenters. The molecule has 0 saturated heterocycles. The summed E-state index contributed by atoms with van der Waals surface area (Å²) in [5, 5.41) is 11.7. The van der Waals surface area contributed by atoms with Crippen molar-refractivity contribution < 1.29 is 24.2 Å². The Morgan fingerprint density at radius 2 is 2.00 bits per heavy atom. The summed E-state index contributed by atoms with van der Waals surface area (Å²) in [6.45, 7) is 5.99. The van der Waals surface area contributed by atoms with Gasteiger partial charge in [0.25, 0.3) is 0 Å². The Balaban J connectivity index is 1.79. The third-order valence-corrected chi connectivity index (χ3v) is 4.50. The number of nitrogens with zero attached hydrogens (tertiary/aromatic N) is 1. The number of H-pyrrole nitrogens is 1. The number of aromatic amines is 1. The van der Waals surface area contributed by atoms with Crippen LogP contribution in [0.5, 0.6) is 5.75 Å². The SMILES string of the molecule is Cc1ccc(C(C)C)cc1OC(=O)CCCC(=O)N[C@@H](Cc1cnc[nH]1)C(=O)O. The normalized spacial score (nSPS) is 11.9. The minimum Gasteiger partial charge on any atom is -0.480 e. The van der Waals surface area contributed by atoms with Gasteiger partial charge in [-0.3, -0.25) is 9.59 Å². The number of imidazole rings is 1. The number of carboxylic acid groups (broad SMARTS) is 1. The van der Waals surface area contributed by atoms with Crippen LogP contribution >= 0.6 is 0 Å². The number of aromatic nitrogens is 2. The molecule has 1 aromatic heterocycles. The van der Waals surface area contributed by atoms with E-state index in [1.54, 1.807) is 0 Å². The average Bonchev–Trinajstić information content (AvgIpc) is 3.15. The second-order valence-corrected chi connectivity index (χ2v) is 7.25. The Bertz CT molecular complexity index is 846. The molecule has 0 bridgehead atoms. The van der Waals surface area contributed by atoms with Crippen LogP contribution in [0.15, 0.2) is 30.7 Å². The molecule has 29 heavy (non-hydrogen) atoms. The Morgan fingerprint density at radius 3 is 2.62 bits per heavy atom. The smallest absolute Gasteiger partial charge is 0.326 e. The van der Waals surface area contributed by atoms with Crippen molar-refractivity contribution in [2.75, 3.05) is 0 Å². The molecule has 0 saturated carbocycles. The molecular weight excluding hydrogens is 374 g/mol. The Hall–Kier alpha value is -3.16. The van der Waals surface area contributed by atoms with Gasteiger partial charge in [0.05, 0.1) is 6.33 Å². The van der Waals surface area contributed by atoms with Crippen LogP contribution in [0.2, 0.25) is 0 Å². The summed E-state index contributed by atoms with van der Waals surface area (Å²) in [6, 6.07) is 4.72. The van der Waals surface area contributed by atoms with E-state index >= 15 is 0 Å². The zero-order chi connectivity index (χ0) is 21.4. The highest BCUT2D eigenvalue weighted by molar-refractivity contribution is 5.84. The minimum atomic E-state index is -1.13. The van der Waals surface area contributed by atoms with Gasteiger partial charge < -0.3 is 20.1 Å². The van der Waals surface area contributed by atoms with Crippen LogP contribution in [-0.4, -0.2) is 39.0 Å². The lowest BCUT2D eigenvalue weighted by molar-refractivity contribution is -0.142. The lowest BCUT2D eigenvalue weighted by atomic mass is 10.0. The summed E-state index contributed by atoms with van der Waals surface area (Å²) >= 11 is 0. The quantitative estimate of drug-likeness (QED) is 0.416. The van der Waals surface area contributed by atoms with Crippen molar-refractivity contribution in [3.8, 4) is 5.75 Å². The number of carbonyl (C=O) groups excluding carboxylic acids is 2. The van der Waals surface area contributed by atoms with Gasteiger partial charge in [-0.2, -0.15) is 0 Å². The van der Waals surface area contributed by atoms with E-state index in [0.29, 0.717) is 17.4 Å². The number of nitrogens with one attached hydrogen (secondary N) is 2. The molecule has 0 fully saturated rings. The lowest BCUT2D eigenvalue weighted by Crippen LogP contribution is -2.42. The van der Waals surface area contributed by atoms with Crippen LogP contribution in [-0.2, 0) is 20.8 Å². The number of hydrogen-bond acceptors (Lipinski definition) is 5. The average molecular weight is 401 g/mol. The summed E-state index contributed by atoms with van der Waals surface area (Å²) in [7, 11) is 0. The first-order valence-electron chi connectivity index (χ1n) is 9.57. The largest absolute Gasteiger partial charge is 0.480 e. The molecule has 0 aliphatic carbocycles. The Kier molecular flexibility index (Phi) is 7.94. The third kappa shape index (κ3) is 7.06. The van der Waals surface area contributed by atoms with Gasteiger partial charge in [0.2, 0.25) is 5.91 Å². The standard InChI is InChI=1S/C21H27N3O5/c1-13(2)15-8-7-14(3)18(9-15)29-20(26)6-4-5-19(25)24-17(21(27)28)10-16-11-22-12-23-16/h7-9,11-13,17H,4-6,10H2,1-3H3,(H,22,23)(H,24,25)(H,27,28)/t17-/m0/s1. The molecule has 8 nitrogen and oxygen atoms in total. The second kappa shape index (κ2) is 10.4. The number of benzene rings is 1. The number of carbonyl (C=O) groups is 3. The topological polar surface area (TPSA) is 121 Å². The van der Waals surface area contributed by atoms with Crippen molar-refractivity contribution >= 4 is 17.8 Å². The number of aryl methyl sites for hydroxylation is 1. The van der Waals surface area contributed by atoms with E-state index in [4.69, 9.17) is 4.74 Å². The van der Waals surface area contributed by atoms with Crippen molar-refractivity contribution in [3.63, 3.8) is 0 Å². The van der Waals surface area contributed by atoms with Crippen LogP contribution in [0.3, 0.4) is 0 Å². The lowest BCUT2D eigenvalue weighted by Gasteiger charge is -2.14. The van der Waals surface area contributed by atoms with Crippen LogP contribution in [0.1, 0.15) is 55.8 Å². The van der Waals surface area contributed by atoms with E-state index in [9.17, 15) is 19.5 Å². The fraction of sp³-hybridized carbons (Fsp3) is 0.429. The van der Waals surface area contributed by atoms with E-state index < -0.39 is 23.9 Å². The summed E-state index contributed by atoms with van der Waals surface area (Å²) in [4.78, 5) is 42.1. The first-order valence-corrected chi connectivity index (χ1v) is 9.57. The molecule has 1 aromatic carbocycles. The van der Waals surface area contributed by atoms with Crippen LogP contribution in [0, 0.1) is 6.92 Å². The molecule has 156 valence electrons. The fourth-order valence-corrected chi connectivity index (χ4v) is 2.74. The Morgan fingerprint density at radius 1 is 1.24 bits per heavy atom. The van der Waals surface area contributed by atoms with Gasteiger partial charge in [-0.25, -0.2) is 9.78 Å². The van der Waals surface area contributed by atoms with Crippen LogP contribution in [0.25, 0.3) is 0 Å². The van der Waals surface area contributed by atoms with Crippen molar-refractivity contribution in [1.82, 2.24) is 15.3 Å². The maximum atomic E-state index is 12.1. The zero-order valence-electron chi connectivity index (χ0n) is 16.9. The molecule has 0 aliphatic heterocycles. The molecule has 3 N–H and O–H groups in total. The highest BCUT2D eigenvalue weighted by Gasteiger charge is 2.21. The highest BCUT2D eigenvalue weighted by atomic mass is 16.5. The van der Waals surface area contributed by atoms with E-state index in [1.165, 1.54) is 12.5 Å². The molecule has 2 aromatic rings. The molecule has 0 aliphatic rings. The fourth-order valence-electron chi connectivity index (χ4n) is 2.74. The van der Waals surface area contributed by atoms with Gasteiger partial charge in [-0.15, -0.1) is 0 Å². The molecule has 0 spiro atoms. The molecule has 1 heterocycles. The maximum absolute atomic E-state index is 12.1. The maximum Gasteiger partial charge on any atom is 0.326 e. The number of rotatable bonds is 10. The van der Waals surface area contributed by atoms with E-state index in [0.717, 1.165) is 11.1 Å². The van der Waals surface area contributed by atoms with Crippen molar-refractivity contribution in [3.05, 3.63) is 47.5 Å². The summed E-state index contributed by atoms with van der Waals surface area (Å²) in [6.07, 6.45) is 3.43. The van der Waals surface area contributed by atoms with E-state index in [1.807, 2.05) is 25.1 Å². The summed E-state index contributed by atoms with van der Waals surface area (Å²) in [5.41, 5.74) is 2.55. The molecule has 0 radical (unpaired) electrons. The monoisotopic (exact) mass is 401 g/mol. The number of esters is 1. The zero-order valence-corrected chi connectivity index (χ0v) is 16.9. The number of amides is 1. The van der Waals surface area contributed by atoms with Crippen molar-refractivity contribution in [1.29, 1.82) is 0 Å². The predicted molar refractivity (Wildman–Crippen MR) is 107 cm³/mol. The van der Waals surface area contributed by atoms with Gasteiger partial charge in [-0.05, 0) is 36.5 Å². The Labute approximate surface area is 169 Å². The molecule has 2 rings (SSSR count). The van der Waals surface area contributed by atoms with Gasteiger partial charge in [0.15, 0.2) is 0 Å². The van der Waals surface area contributed by atoms with Gasteiger partial charge >= 0.3 is 11.9 Å². The van der Waals surface area contributed by atoms with Crippen LogP contribution < -0.4 is 10.1 Å². The molecule has 8 heteroatoms. The molecule has 1 amide bonds.